The van der Waals surface area contributed by atoms with E-state index in [0.717, 1.165) is 0 Å². The number of fused-ring (bicyclic) bond motifs is 5. The minimum atomic E-state index is -0.0489. The summed E-state index contributed by atoms with van der Waals surface area (Å²) in [5.74, 6) is 0. The molecule has 1 aliphatic rings. The molecule has 0 saturated carbocycles. The molecule has 0 bridgehead atoms. The van der Waals surface area contributed by atoms with E-state index in [2.05, 4.69) is 215 Å². The second-order valence-electron chi connectivity index (χ2n) is 18.4. The van der Waals surface area contributed by atoms with Gasteiger partial charge in [-0.1, -0.05) is 188 Å². The highest BCUT2D eigenvalue weighted by Gasteiger charge is 2.37. The molecule has 0 aliphatic carbocycles. The monoisotopic (exact) mass is 778 g/mol. The van der Waals surface area contributed by atoms with Gasteiger partial charge >= 0.3 is 0 Å². The molecule has 0 nitrogen and oxygen atoms in total. The van der Waals surface area contributed by atoms with Gasteiger partial charge in [-0.2, -0.15) is 0 Å². The lowest BCUT2D eigenvalue weighted by Gasteiger charge is -2.39. The van der Waals surface area contributed by atoms with Crippen LogP contribution >= 0.6 is 23.1 Å². The van der Waals surface area contributed by atoms with Gasteiger partial charge in [-0.05, 0) is 116 Å². The van der Waals surface area contributed by atoms with E-state index in [9.17, 15) is 0 Å². The molecule has 8 aromatic rings. The fraction of sp³-hybridized carbons (Fsp3) is 0.236. The lowest BCUT2D eigenvalue weighted by Crippen LogP contribution is -2.27. The Balaban J connectivity index is 0.000000162. The smallest absolute Gasteiger partial charge is 0.0355 e. The van der Waals surface area contributed by atoms with Crippen molar-refractivity contribution in [3.63, 3.8) is 0 Å². The summed E-state index contributed by atoms with van der Waals surface area (Å²) in [7, 11) is 0. The fourth-order valence-electron chi connectivity index (χ4n) is 8.04. The van der Waals surface area contributed by atoms with E-state index >= 15 is 0 Å². The van der Waals surface area contributed by atoms with E-state index in [1.807, 2.05) is 23.1 Å². The van der Waals surface area contributed by atoms with Gasteiger partial charge in [-0.25, -0.2) is 0 Å². The zero-order valence-corrected chi connectivity index (χ0v) is 36.8. The van der Waals surface area contributed by atoms with Crippen molar-refractivity contribution in [1.82, 2.24) is 0 Å². The van der Waals surface area contributed by atoms with Crippen molar-refractivity contribution in [2.75, 3.05) is 0 Å². The van der Waals surface area contributed by atoms with Crippen LogP contribution in [0, 0.1) is 13.8 Å². The first-order valence-corrected chi connectivity index (χ1v) is 21.9. The van der Waals surface area contributed by atoms with Gasteiger partial charge in [0.1, 0.15) is 0 Å². The maximum absolute atomic E-state index is 2.48. The molecular weight excluding hydrogens is 725 g/mol. The molecule has 0 unspecified atom stereocenters. The summed E-state index contributed by atoms with van der Waals surface area (Å²) in [6.45, 7) is 23.2. The van der Waals surface area contributed by atoms with E-state index < -0.39 is 0 Å². The third-order valence-corrected chi connectivity index (χ3v) is 14.2. The van der Waals surface area contributed by atoms with Gasteiger partial charge in [-0.15, -0.1) is 11.3 Å². The number of hydrogen-bond acceptors (Lipinski definition) is 2. The second kappa shape index (κ2) is 14.8. The Bertz CT molecular complexity index is 2730. The van der Waals surface area contributed by atoms with Crippen LogP contribution in [0.3, 0.4) is 0 Å². The number of hydrogen-bond donors (Lipinski definition) is 0. The molecule has 2 heterocycles. The predicted octanol–water partition coefficient (Wildman–Crippen LogP) is 16.7. The van der Waals surface area contributed by atoms with Crippen molar-refractivity contribution in [3.8, 4) is 33.4 Å². The van der Waals surface area contributed by atoms with Gasteiger partial charge in [0.2, 0.25) is 0 Å². The fourth-order valence-corrected chi connectivity index (χ4v) is 10.7. The molecule has 0 radical (unpaired) electrons. The standard InChI is InChI=1S/C30H36S.C25H18S/c1-19-15-21(28(2,3)4)17-24-26(19)31-27-23(20-13-11-10-12-14-20)16-22(29(5,6)7)18-25(27)30(24,8)9;1-17-7-9-19(10-8-17)21-12-14-25-23(16-21)22-15-20(11-13-24(22)26-25)18-5-3-2-4-6-18/h10-18H,1-9H3;2-16H,1H3. The van der Waals surface area contributed by atoms with Crippen LogP contribution in [0.15, 0.2) is 155 Å². The largest absolute Gasteiger partial charge is 0.135 e. The molecule has 1 aromatic heterocycles. The molecule has 0 atom stereocenters. The molecular formula is C55H54S2. The van der Waals surface area contributed by atoms with Crippen molar-refractivity contribution in [2.45, 2.75) is 95.3 Å². The Hall–Kier alpha value is -4.89. The topological polar surface area (TPSA) is 0 Å². The van der Waals surface area contributed by atoms with Crippen LogP contribution in [-0.4, -0.2) is 0 Å². The molecule has 0 saturated heterocycles. The molecule has 1 aliphatic heterocycles. The average molecular weight is 779 g/mol. The van der Waals surface area contributed by atoms with Crippen LogP contribution in [0.4, 0.5) is 0 Å². The lowest BCUT2D eigenvalue weighted by atomic mass is 9.72. The SMILES string of the molecule is Cc1cc(C(C)(C)C)cc2c1Sc1c(-c3ccccc3)cc(C(C)(C)C)cc1C2(C)C.Cc1ccc(-c2ccc3sc4ccc(-c5ccccc5)cc4c3c2)cc1. The van der Waals surface area contributed by atoms with Gasteiger partial charge < -0.3 is 0 Å². The minimum absolute atomic E-state index is 0.0489. The molecule has 7 aromatic carbocycles. The summed E-state index contributed by atoms with van der Waals surface area (Å²) < 4.78 is 2.70. The van der Waals surface area contributed by atoms with Crippen molar-refractivity contribution in [1.29, 1.82) is 0 Å². The number of aryl methyl sites for hydroxylation is 2. The van der Waals surface area contributed by atoms with Crippen molar-refractivity contribution in [2.24, 2.45) is 0 Å². The minimum Gasteiger partial charge on any atom is -0.135 e. The van der Waals surface area contributed by atoms with Gasteiger partial charge in [0.25, 0.3) is 0 Å². The van der Waals surface area contributed by atoms with Crippen molar-refractivity contribution >= 4 is 43.3 Å². The van der Waals surface area contributed by atoms with Crippen LogP contribution in [0.1, 0.15) is 88.8 Å². The summed E-state index contributed by atoms with van der Waals surface area (Å²) in [5, 5.41) is 2.70. The maximum atomic E-state index is 2.48. The molecule has 2 heteroatoms. The molecule has 286 valence electrons. The van der Waals surface area contributed by atoms with Gasteiger partial charge in [0, 0.05) is 35.4 Å². The van der Waals surface area contributed by atoms with Crippen LogP contribution in [0.2, 0.25) is 0 Å². The Morgan fingerprint density at radius 2 is 0.895 bits per heavy atom. The summed E-state index contributed by atoms with van der Waals surface area (Å²) in [6.07, 6.45) is 0. The van der Waals surface area contributed by atoms with Crippen LogP contribution in [-0.2, 0) is 16.2 Å². The van der Waals surface area contributed by atoms with E-state index in [-0.39, 0.29) is 16.2 Å². The highest BCUT2D eigenvalue weighted by atomic mass is 32.2. The quantitative estimate of drug-likeness (QED) is 0.172. The zero-order valence-electron chi connectivity index (χ0n) is 35.2. The summed E-state index contributed by atoms with van der Waals surface area (Å²) in [6, 6.07) is 53.8. The molecule has 0 spiro atoms. The van der Waals surface area contributed by atoms with Crippen LogP contribution < -0.4 is 0 Å². The Morgan fingerprint density at radius 1 is 0.439 bits per heavy atom. The third-order valence-electron chi connectivity index (χ3n) is 11.7. The van der Waals surface area contributed by atoms with E-state index in [0.29, 0.717) is 0 Å². The Kier molecular flexibility index (Phi) is 10.1. The van der Waals surface area contributed by atoms with Crippen molar-refractivity contribution < 1.29 is 0 Å². The van der Waals surface area contributed by atoms with Gasteiger partial charge in [-0.3, -0.25) is 0 Å². The molecule has 0 amide bonds. The normalized spacial score (nSPS) is 13.5. The van der Waals surface area contributed by atoms with Gasteiger partial charge in [0.15, 0.2) is 0 Å². The van der Waals surface area contributed by atoms with Gasteiger partial charge in [0.05, 0.1) is 0 Å². The molecule has 57 heavy (non-hydrogen) atoms. The number of thiophene rings is 1. The molecule has 0 fully saturated rings. The van der Waals surface area contributed by atoms with E-state index in [1.54, 1.807) is 0 Å². The predicted molar refractivity (Wildman–Crippen MR) is 252 cm³/mol. The third kappa shape index (κ3) is 7.63. The molecule has 0 N–H and O–H groups in total. The number of benzene rings is 7. The summed E-state index contributed by atoms with van der Waals surface area (Å²) in [5.41, 5.74) is 16.4. The van der Waals surface area contributed by atoms with Crippen LogP contribution in [0.25, 0.3) is 53.6 Å². The van der Waals surface area contributed by atoms with Crippen LogP contribution in [0.5, 0.6) is 0 Å². The zero-order chi connectivity index (χ0) is 40.3. The first-order valence-electron chi connectivity index (χ1n) is 20.2. The Morgan fingerprint density at radius 3 is 1.42 bits per heavy atom. The summed E-state index contributed by atoms with van der Waals surface area (Å²) >= 11 is 3.84. The second-order valence-corrected chi connectivity index (χ2v) is 20.5. The Labute approximate surface area is 349 Å². The van der Waals surface area contributed by atoms with Crippen molar-refractivity contribution in [3.05, 3.63) is 179 Å². The number of rotatable bonds is 3. The highest BCUT2D eigenvalue weighted by Crippen LogP contribution is 2.55. The molecule has 9 rings (SSSR count). The lowest BCUT2D eigenvalue weighted by molar-refractivity contribution is 0.563. The highest BCUT2D eigenvalue weighted by molar-refractivity contribution is 7.99. The summed E-state index contributed by atoms with van der Waals surface area (Å²) in [4.78, 5) is 2.86. The first kappa shape index (κ1) is 39.0. The van der Waals surface area contributed by atoms with E-state index in [4.69, 9.17) is 0 Å². The first-order chi connectivity index (χ1) is 27.1. The van der Waals surface area contributed by atoms with E-state index in [1.165, 1.54) is 96.7 Å². The average Bonchev–Trinajstić information content (AvgIpc) is 3.56. The maximum Gasteiger partial charge on any atom is 0.0355 e.